The first-order chi connectivity index (χ1) is 12.3. The Balaban J connectivity index is 1.50. The van der Waals surface area contributed by atoms with Gasteiger partial charge >= 0.3 is 0 Å². The minimum atomic E-state index is -0.537. The molecule has 0 aromatic carbocycles. The molecule has 3 aliphatic heterocycles. The summed E-state index contributed by atoms with van der Waals surface area (Å²) in [6, 6.07) is 6.20. The van der Waals surface area contributed by atoms with Crippen molar-refractivity contribution >= 4 is 0 Å². The molecule has 4 fully saturated rings. The Morgan fingerprint density at radius 1 is 1.04 bits per heavy atom. The first kappa shape index (κ1) is 16.2. The Morgan fingerprint density at radius 3 is 2.48 bits per heavy atom. The maximum absolute atomic E-state index is 6.61. The number of hydrogen-bond acceptors (Lipinski definition) is 4. The number of ether oxygens (including phenoxy) is 1. The molecule has 5 heteroatoms. The van der Waals surface area contributed by atoms with Crippen molar-refractivity contribution in [3.63, 3.8) is 0 Å². The molecule has 1 saturated carbocycles. The third-order valence-electron chi connectivity index (χ3n) is 7.19. The number of nitrogens with zero attached hydrogens (tertiary/aromatic N) is 3. The molecule has 1 aromatic rings. The predicted octanol–water partition coefficient (Wildman–Crippen LogP) is 2.21. The molecule has 2 unspecified atom stereocenters. The van der Waals surface area contributed by atoms with E-state index in [-0.39, 0.29) is 5.66 Å². The summed E-state index contributed by atoms with van der Waals surface area (Å²) in [5.41, 5.74) is 0.770. The lowest BCUT2D eigenvalue weighted by Gasteiger charge is -2.62. The van der Waals surface area contributed by atoms with Crippen LogP contribution in [0.4, 0.5) is 0 Å². The van der Waals surface area contributed by atoms with Gasteiger partial charge in [0.2, 0.25) is 0 Å². The molecule has 2 spiro atoms. The van der Waals surface area contributed by atoms with Crippen molar-refractivity contribution in [3.8, 4) is 0 Å². The second-order valence-electron chi connectivity index (χ2n) is 8.32. The number of rotatable bonds is 2. The monoisotopic (exact) mass is 341 g/mol. The predicted molar refractivity (Wildman–Crippen MR) is 95.9 cm³/mol. The smallest absolute Gasteiger partial charge is 0.198 e. The molecule has 1 aliphatic carbocycles. The van der Waals surface area contributed by atoms with Gasteiger partial charge in [-0.1, -0.05) is 18.9 Å². The van der Waals surface area contributed by atoms with Crippen molar-refractivity contribution in [1.29, 1.82) is 0 Å². The second kappa shape index (κ2) is 6.02. The van der Waals surface area contributed by atoms with Gasteiger partial charge in [-0.05, 0) is 49.7 Å². The molecule has 2 atom stereocenters. The fourth-order valence-corrected chi connectivity index (χ4v) is 5.73. The quantitative estimate of drug-likeness (QED) is 0.896. The van der Waals surface area contributed by atoms with Crippen LogP contribution in [0.1, 0.15) is 50.6 Å². The zero-order chi connectivity index (χ0) is 16.8. The topological polar surface area (TPSA) is 51.5 Å². The number of nitrogens with one attached hydrogen (secondary N) is 1. The van der Waals surface area contributed by atoms with Crippen LogP contribution < -0.4 is 10.6 Å². The SMILES string of the molecule is c1ccc(C2(N3CCC4(CCCC4)CC3)OCC[N]C23CCN3)nc1. The van der Waals surface area contributed by atoms with E-state index in [0.717, 1.165) is 38.3 Å². The molecule has 0 bridgehead atoms. The number of piperidine rings is 1. The fourth-order valence-electron chi connectivity index (χ4n) is 5.73. The summed E-state index contributed by atoms with van der Waals surface area (Å²) in [4.78, 5) is 7.31. The van der Waals surface area contributed by atoms with Crippen LogP contribution in [0.2, 0.25) is 0 Å². The highest BCUT2D eigenvalue weighted by Gasteiger charge is 2.64. The lowest BCUT2D eigenvalue weighted by Crippen LogP contribution is -2.81. The van der Waals surface area contributed by atoms with E-state index in [1.807, 2.05) is 12.3 Å². The van der Waals surface area contributed by atoms with E-state index in [0.29, 0.717) is 12.0 Å². The number of aromatic nitrogens is 1. The summed E-state index contributed by atoms with van der Waals surface area (Å²) >= 11 is 0. The van der Waals surface area contributed by atoms with Gasteiger partial charge in [0.1, 0.15) is 5.66 Å². The van der Waals surface area contributed by atoms with Gasteiger partial charge in [-0.15, -0.1) is 0 Å². The summed E-state index contributed by atoms with van der Waals surface area (Å²) in [7, 11) is 0. The van der Waals surface area contributed by atoms with Gasteiger partial charge in [0.25, 0.3) is 0 Å². The minimum Gasteiger partial charge on any atom is -0.350 e. The molecular weight excluding hydrogens is 312 g/mol. The molecule has 5 nitrogen and oxygen atoms in total. The largest absolute Gasteiger partial charge is 0.350 e. The summed E-state index contributed by atoms with van der Waals surface area (Å²) in [5.74, 6) is 0. The first-order valence-corrected chi connectivity index (χ1v) is 10.0. The summed E-state index contributed by atoms with van der Waals surface area (Å²) in [5, 5.41) is 8.68. The Morgan fingerprint density at radius 2 is 1.84 bits per heavy atom. The number of morpholine rings is 1. The molecule has 0 amide bonds. The Labute approximate surface area is 150 Å². The Kier molecular flexibility index (Phi) is 3.89. The van der Waals surface area contributed by atoms with Crippen LogP contribution in [0, 0.1) is 5.41 Å². The van der Waals surface area contributed by atoms with Crippen LogP contribution in [-0.4, -0.2) is 48.3 Å². The maximum Gasteiger partial charge on any atom is 0.198 e. The number of pyridine rings is 1. The highest BCUT2D eigenvalue weighted by molar-refractivity contribution is 5.24. The molecule has 4 aliphatic rings. The lowest BCUT2D eigenvalue weighted by molar-refractivity contribution is -0.274. The molecule has 1 aromatic heterocycles. The molecule has 135 valence electrons. The van der Waals surface area contributed by atoms with E-state index in [9.17, 15) is 0 Å². The average molecular weight is 341 g/mol. The lowest BCUT2D eigenvalue weighted by atomic mass is 9.74. The fraction of sp³-hybridized carbons (Fsp3) is 0.750. The van der Waals surface area contributed by atoms with Crippen molar-refractivity contribution in [2.75, 3.05) is 32.8 Å². The van der Waals surface area contributed by atoms with Gasteiger partial charge < -0.3 is 4.74 Å². The summed E-state index contributed by atoms with van der Waals surface area (Å²) in [6.45, 7) is 4.66. The highest BCUT2D eigenvalue weighted by Crippen LogP contribution is 2.51. The van der Waals surface area contributed by atoms with Gasteiger partial charge in [-0.3, -0.25) is 15.2 Å². The van der Waals surface area contributed by atoms with Crippen molar-refractivity contribution in [1.82, 2.24) is 20.5 Å². The molecule has 1 radical (unpaired) electrons. The molecular formula is C20H29N4O. The van der Waals surface area contributed by atoms with Crippen LogP contribution >= 0.6 is 0 Å². The molecule has 5 rings (SSSR count). The van der Waals surface area contributed by atoms with Crippen LogP contribution in [-0.2, 0) is 10.5 Å². The van der Waals surface area contributed by atoms with Crippen molar-refractivity contribution in [3.05, 3.63) is 30.1 Å². The molecule has 1 N–H and O–H groups in total. The molecule has 3 saturated heterocycles. The van der Waals surface area contributed by atoms with Gasteiger partial charge in [-0.25, -0.2) is 5.32 Å². The van der Waals surface area contributed by atoms with E-state index in [1.54, 1.807) is 0 Å². The van der Waals surface area contributed by atoms with Crippen LogP contribution in [0.3, 0.4) is 0 Å². The number of hydrogen-bond donors (Lipinski definition) is 1. The van der Waals surface area contributed by atoms with Gasteiger partial charge in [-0.2, -0.15) is 0 Å². The average Bonchev–Trinajstić information content (AvgIpc) is 3.09. The van der Waals surface area contributed by atoms with Gasteiger partial charge in [0.05, 0.1) is 12.3 Å². The van der Waals surface area contributed by atoms with Gasteiger partial charge in [0.15, 0.2) is 5.72 Å². The Hall–Kier alpha value is -1.01. The van der Waals surface area contributed by atoms with E-state index in [4.69, 9.17) is 15.0 Å². The normalized spacial score (nSPS) is 38.1. The third-order valence-corrected chi connectivity index (χ3v) is 7.19. The van der Waals surface area contributed by atoms with E-state index in [2.05, 4.69) is 22.3 Å². The number of likely N-dealkylation sites (tertiary alicyclic amines) is 1. The van der Waals surface area contributed by atoms with E-state index >= 15 is 0 Å². The second-order valence-corrected chi connectivity index (χ2v) is 8.32. The van der Waals surface area contributed by atoms with Crippen LogP contribution in [0.25, 0.3) is 0 Å². The van der Waals surface area contributed by atoms with E-state index in [1.165, 1.54) is 38.5 Å². The zero-order valence-corrected chi connectivity index (χ0v) is 15.0. The van der Waals surface area contributed by atoms with Crippen molar-refractivity contribution in [2.45, 2.75) is 56.3 Å². The molecule has 4 heterocycles. The summed E-state index contributed by atoms with van der Waals surface area (Å²) < 4.78 is 6.61. The van der Waals surface area contributed by atoms with Crippen LogP contribution in [0.5, 0.6) is 0 Å². The first-order valence-electron chi connectivity index (χ1n) is 10.0. The molecule has 25 heavy (non-hydrogen) atoms. The minimum absolute atomic E-state index is 0.320. The van der Waals surface area contributed by atoms with Crippen molar-refractivity contribution < 1.29 is 4.74 Å². The Bertz CT molecular complexity index is 601. The van der Waals surface area contributed by atoms with Crippen LogP contribution in [0.15, 0.2) is 24.4 Å². The van der Waals surface area contributed by atoms with Gasteiger partial charge in [0, 0.05) is 32.4 Å². The van der Waals surface area contributed by atoms with Crippen molar-refractivity contribution in [2.24, 2.45) is 5.41 Å². The highest BCUT2D eigenvalue weighted by atomic mass is 16.5. The maximum atomic E-state index is 6.61. The zero-order valence-electron chi connectivity index (χ0n) is 15.0. The standard InChI is InChI=1S/C20H29N4O/c1-4-11-21-17(5-1)20(19(8-12-22-19)23-13-16-25-20)24-14-9-18(10-15-24)6-2-3-7-18/h1,4-5,11,22H,2-3,6-10,12-16H2. The third kappa shape index (κ3) is 2.33. The van der Waals surface area contributed by atoms with E-state index < -0.39 is 5.72 Å². The summed E-state index contributed by atoms with van der Waals surface area (Å²) in [6.07, 6.45) is 11.2.